The van der Waals surface area contributed by atoms with Crippen molar-refractivity contribution in [1.82, 2.24) is 19.6 Å². The van der Waals surface area contributed by atoms with Crippen LogP contribution in [0.4, 0.5) is 21.0 Å². The van der Waals surface area contributed by atoms with Crippen LogP contribution in [0.5, 0.6) is 0 Å². The van der Waals surface area contributed by atoms with Gasteiger partial charge in [0.15, 0.2) is 0 Å². The zero-order valence-electron chi connectivity index (χ0n) is 20.2. The molecule has 4 amide bonds. The molecule has 0 saturated carbocycles. The van der Waals surface area contributed by atoms with Gasteiger partial charge in [0.1, 0.15) is 6.04 Å². The number of aryl methyl sites for hydroxylation is 1. The van der Waals surface area contributed by atoms with Gasteiger partial charge in [-0.2, -0.15) is 5.10 Å². The van der Waals surface area contributed by atoms with Gasteiger partial charge in [-0.05, 0) is 32.2 Å². The Morgan fingerprint density at radius 1 is 0.971 bits per heavy atom. The second kappa shape index (κ2) is 10.5. The Morgan fingerprint density at radius 3 is 2.37 bits per heavy atom. The molecule has 3 aromatic rings. The van der Waals surface area contributed by atoms with E-state index in [0.29, 0.717) is 49.9 Å². The summed E-state index contributed by atoms with van der Waals surface area (Å²) in [5.74, 6) is -0.0947. The lowest BCUT2D eigenvalue weighted by molar-refractivity contribution is -0.136. The Balaban J connectivity index is 1.37. The predicted octanol–water partition coefficient (Wildman–Crippen LogP) is 3.85. The number of anilines is 2. The normalized spacial score (nSPS) is 14.5. The van der Waals surface area contributed by atoms with Gasteiger partial charge in [-0.3, -0.25) is 9.48 Å². The van der Waals surface area contributed by atoms with Crippen molar-refractivity contribution in [3.8, 4) is 0 Å². The molecule has 184 valence electrons. The molecule has 0 bridgehead atoms. The second-order valence-electron chi connectivity index (χ2n) is 8.40. The number of aromatic nitrogens is 2. The van der Waals surface area contributed by atoms with Crippen LogP contribution in [0, 0.1) is 6.92 Å². The molecule has 4 rings (SSSR count). The maximum Gasteiger partial charge on any atom is 0.409 e. The van der Waals surface area contributed by atoms with Crippen LogP contribution in [-0.2, 0) is 9.53 Å². The molecule has 0 spiro atoms. The number of carbonyl (C=O) groups excluding carboxylic acids is 3. The van der Waals surface area contributed by atoms with E-state index in [-0.39, 0.29) is 12.0 Å². The molecule has 1 saturated heterocycles. The Bertz CT molecular complexity index is 1230. The fourth-order valence-corrected chi connectivity index (χ4v) is 4.11. The topological polar surface area (TPSA) is 109 Å². The number of ether oxygens (including phenoxy) is 1. The highest BCUT2D eigenvalue weighted by Gasteiger charge is 2.29. The van der Waals surface area contributed by atoms with Crippen LogP contribution in [0.15, 0.2) is 48.7 Å². The van der Waals surface area contributed by atoms with Gasteiger partial charge in [-0.1, -0.05) is 36.4 Å². The summed E-state index contributed by atoms with van der Waals surface area (Å²) in [7, 11) is 0. The third-order valence-corrected chi connectivity index (χ3v) is 6.07. The fraction of sp³-hybridized carbons (Fsp3) is 0.360. The van der Waals surface area contributed by atoms with Crippen molar-refractivity contribution in [3.05, 3.63) is 54.4 Å². The summed E-state index contributed by atoms with van der Waals surface area (Å²) in [6.45, 7) is 7.35. The lowest BCUT2D eigenvalue weighted by Gasteiger charge is -2.35. The zero-order chi connectivity index (χ0) is 24.9. The number of amides is 4. The minimum Gasteiger partial charge on any atom is -0.450 e. The molecule has 2 aromatic carbocycles. The highest BCUT2D eigenvalue weighted by atomic mass is 16.6. The van der Waals surface area contributed by atoms with E-state index >= 15 is 0 Å². The summed E-state index contributed by atoms with van der Waals surface area (Å²) in [6, 6.07) is 12.6. The summed E-state index contributed by atoms with van der Waals surface area (Å²) in [5, 5.41) is 12.1. The van der Waals surface area contributed by atoms with E-state index in [1.54, 1.807) is 41.4 Å². The third kappa shape index (κ3) is 5.37. The number of fused-ring (bicyclic) bond motifs is 1. The highest BCUT2D eigenvalue weighted by Crippen LogP contribution is 2.24. The first kappa shape index (κ1) is 24.1. The number of rotatable bonds is 5. The number of carbonyl (C=O) groups is 3. The van der Waals surface area contributed by atoms with Crippen LogP contribution in [0.2, 0.25) is 0 Å². The van der Waals surface area contributed by atoms with E-state index in [4.69, 9.17) is 4.74 Å². The van der Waals surface area contributed by atoms with Gasteiger partial charge in [-0.15, -0.1) is 0 Å². The summed E-state index contributed by atoms with van der Waals surface area (Å²) >= 11 is 0. The molecule has 2 heterocycles. The van der Waals surface area contributed by atoms with Gasteiger partial charge in [0, 0.05) is 37.8 Å². The minimum absolute atomic E-state index is 0.0947. The van der Waals surface area contributed by atoms with Crippen LogP contribution in [0.1, 0.15) is 25.6 Å². The highest BCUT2D eigenvalue weighted by molar-refractivity contribution is 6.06. The van der Waals surface area contributed by atoms with Gasteiger partial charge in [0.2, 0.25) is 5.91 Å². The maximum absolute atomic E-state index is 13.0. The number of urea groups is 1. The fourth-order valence-electron chi connectivity index (χ4n) is 4.11. The maximum atomic E-state index is 13.0. The first-order valence-corrected chi connectivity index (χ1v) is 11.7. The second-order valence-corrected chi connectivity index (χ2v) is 8.40. The number of nitrogens with zero attached hydrogens (tertiary/aromatic N) is 4. The number of hydrogen-bond acceptors (Lipinski definition) is 5. The van der Waals surface area contributed by atoms with E-state index in [2.05, 4.69) is 15.7 Å². The average molecular weight is 479 g/mol. The molecular formula is C25H30N6O4. The number of piperazine rings is 1. The average Bonchev–Trinajstić information content (AvgIpc) is 3.23. The molecule has 10 nitrogen and oxygen atoms in total. The van der Waals surface area contributed by atoms with Crippen LogP contribution < -0.4 is 10.6 Å². The van der Waals surface area contributed by atoms with Crippen LogP contribution in [-0.4, -0.2) is 70.4 Å². The molecular weight excluding hydrogens is 448 g/mol. The molecule has 35 heavy (non-hydrogen) atoms. The third-order valence-electron chi connectivity index (χ3n) is 6.07. The molecule has 1 aliphatic heterocycles. The van der Waals surface area contributed by atoms with E-state index in [1.807, 2.05) is 42.5 Å². The molecule has 2 N–H and O–H groups in total. The zero-order valence-corrected chi connectivity index (χ0v) is 20.2. The van der Waals surface area contributed by atoms with Crippen LogP contribution in [0.3, 0.4) is 0 Å². The van der Waals surface area contributed by atoms with Crippen molar-refractivity contribution in [3.63, 3.8) is 0 Å². The summed E-state index contributed by atoms with van der Waals surface area (Å²) in [4.78, 5) is 40.9. The number of benzene rings is 2. The Hall–Kier alpha value is -4.08. The lowest BCUT2D eigenvalue weighted by Crippen LogP contribution is -2.52. The molecule has 0 aliphatic carbocycles. The minimum atomic E-state index is -0.556. The Kier molecular flexibility index (Phi) is 7.19. The monoisotopic (exact) mass is 478 g/mol. The van der Waals surface area contributed by atoms with Crippen molar-refractivity contribution in [2.45, 2.75) is 26.8 Å². The van der Waals surface area contributed by atoms with Gasteiger partial charge < -0.3 is 25.2 Å². The predicted molar refractivity (Wildman–Crippen MR) is 133 cm³/mol. The van der Waals surface area contributed by atoms with Crippen molar-refractivity contribution in [2.75, 3.05) is 43.4 Å². The van der Waals surface area contributed by atoms with Crippen molar-refractivity contribution >= 4 is 40.2 Å². The standard InChI is InChI=1S/C25H30N6O4/c1-4-35-25(34)30-14-12-29(13-15-30)23(32)18(3)31-16-22(17(2)28-31)27-24(33)26-21-11-7-9-19-8-5-6-10-20(19)21/h5-11,16,18H,4,12-15H2,1-3H3,(H2,26,27,33). The lowest BCUT2D eigenvalue weighted by atomic mass is 10.1. The van der Waals surface area contributed by atoms with Crippen molar-refractivity contribution < 1.29 is 19.1 Å². The van der Waals surface area contributed by atoms with Crippen LogP contribution >= 0.6 is 0 Å². The summed E-state index contributed by atoms with van der Waals surface area (Å²) < 4.78 is 6.59. The van der Waals surface area contributed by atoms with Crippen molar-refractivity contribution in [2.24, 2.45) is 0 Å². The smallest absolute Gasteiger partial charge is 0.409 e. The molecule has 1 aliphatic rings. The number of nitrogens with one attached hydrogen (secondary N) is 2. The van der Waals surface area contributed by atoms with Gasteiger partial charge in [-0.25, -0.2) is 9.59 Å². The molecule has 1 aromatic heterocycles. The first-order valence-electron chi connectivity index (χ1n) is 11.7. The Morgan fingerprint density at radius 2 is 1.63 bits per heavy atom. The first-order chi connectivity index (χ1) is 16.9. The molecule has 10 heteroatoms. The summed E-state index contributed by atoms with van der Waals surface area (Å²) in [6.07, 6.45) is 1.31. The summed E-state index contributed by atoms with van der Waals surface area (Å²) in [5.41, 5.74) is 1.83. The number of hydrogen-bond donors (Lipinski definition) is 2. The van der Waals surface area contributed by atoms with Gasteiger partial charge in [0.25, 0.3) is 0 Å². The largest absolute Gasteiger partial charge is 0.450 e. The van der Waals surface area contributed by atoms with Crippen LogP contribution in [0.25, 0.3) is 10.8 Å². The quantitative estimate of drug-likeness (QED) is 0.579. The van der Waals surface area contributed by atoms with E-state index in [1.165, 1.54) is 0 Å². The molecule has 1 fully saturated rings. The van der Waals surface area contributed by atoms with E-state index in [0.717, 1.165) is 10.8 Å². The van der Waals surface area contributed by atoms with E-state index < -0.39 is 12.1 Å². The van der Waals surface area contributed by atoms with Gasteiger partial charge >= 0.3 is 12.1 Å². The SMILES string of the molecule is CCOC(=O)N1CCN(C(=O)C(C)n2cc(NC(=O)Nc3cccc4ccccc34)c(C)n2)CC1. The Labute approximate surface area is 203 Å². The van der Waals surface area contributed by atoms with E-state index in [9.17, 15) is 14.4 Å². The molecule has 0 radical (unpaired) electrons. The van der Waals surface area contributed by atoms with Gasteiger partial charge in [0.05, 0.1) is 23.7 Å². The van der Waals surface area contributed by atoms with Crippen molar-refractivity contribution in [1.29, 1.82) is 0 Å². The molecule has 1 atom stereocenters. The molecule has 1 unspecified atom stereocenters.